The molecule has 8 heteroatoms. The Hall–Kier alpha value is -2.74. The predicted molar refractivity (Wildman–Crippen MR) is 131 cm³/mol. The van der Waals surface area contributed by atoms with Crippen LogP contribution in [0.2, 0.25) is 0 Å². The van der Waals surface area contributed by atoms with Gasteiger partial charge < -0.3 is 15.5 Å². The summed E-state index contributed by atoms with van der Waals surface area (Å²) < 4.78 is 0. The summed E-state index contributed by atoms with van der Waals surface area (Å²) >= 11 is 1.61. The van der Waals surface area contributed by atoms with E-state index in [1.54, 1.807) is 23.2 Å². The Morgan fingerprint density at radius 1 is 1.15 bits per heavy atom. The van der Waals surface area contributed by atoms with Crippen LogP contribution in [0, 0.1) is 12.3 Å². The maximum Gasteiger partial charge on any atom is 0.249 e. The van der Waals surface area contributed by atoms with E-state index in [9.17, 15) is 14.4 Å². The standard InChI is InChI=1S/C25H34N4O3S/c1-16-21(33-15-27-16)19-11-9-18(10-12-19)14-26-22(31)20-8-7-13-29(20)23(32)25(6,24(3,4)5)28-17(2)30/h9-12,15,20H,7-8,13-14H2,1-6H3,(H,26,31)(H,28,30)/t20-,25?/m0/s1. The lowest BCUT2D eigenvalue weighted by Crippen LogP contribution is -2.65. The van der Waals surface area contributed by atoms with E-state index in [0.717, 1.165) is 28.1 Å². The number of aryl methyl sites for hydroxylation is 1. The number of hydrogen-bond acceptors (Lipinski definition) is 5. The van der Waals surface area contributed by atoms with Gasteiger partial charge in [-0.15, -0.1) is 11.3 Å². The van der Waals surface area contributed by atoms with E-state index in [4.69, 9.17) is 0 Å². The van der Waals surface area contributed by atoms with E-state index in [-0.39, 0.29) is 17.7 Å². The molecule has 0 saturated carbocycles. The largest absolute Gasteiger partial charge is 0.350 e. The van der Waals surface area contributed by atoms with Crippen LogP contribution in [0.15, 0.2) is 29.8 Å². The summed E-state index contributed by atoms with van der Waals surface area (Å²) in [6.07, 6.45) is 1.37. The monoisotopic (exact) mass is 470 g/mol. The highest BCUT2D eigenvalue weighted by atomic mass is 32.1. The molecule has 7 nitrogen and oxygen atoms in total. The van der Waals surface area contributed by atoms with Gasteiger partial charge in [0, 0.05) is 20.0 Å². The maximum atomic E-state index is 13.5. The van der Waals surface area contributed by atoms with Gasteiger partial charge in [-0.05, 0) is 43.2 Å². The number of rotatable bonds is 6. The molecule has 3 rings (SSSR count). The fourth-order valence-electron chi connectivity index (χ4n) is 4.14. The summed E-state index contributed by atoms with van der Waals surface area (Å²) in [5.41, 5.74) is 3.32. The van der Waals surface area contributed by atoms with Crippen LogP contribution in [0.5, 0.6) is 0 Å². The van der Waals surface area contributed by atoms with Gasteiger partial charge in [0.15, 0.2) is 0 Å². The van der Waals surface area contributed by atoms with Gasteiger partial charge in [-0.25, -0.2) is 4.98 Å². The van der Waals surface area contributed by atoms with Crippen molar-refractivity contribution in [2.24, 2.45) is 5.41 Å². The van der Waals surface area contributed by atoms with E-state index in [1.807, 2.05) is 57.5 Å². The number of hydrogen-bond donors (Lipinski definition) is 2. The number of nitrogens with one attached hydrogen (secondary N) is 2. The lowest BCUT2D eigenvalue weighted by atomic mass is 9.73. The number of amides is 3. The van der Waals surface area contributed by atoms with E-state index in [1.165, 1.54) is 6.92 Å². The van der Waals surface area contributed by atoms with Gasteiger partial charge in [0.05, 0.1) is 16.1 Å². The van der Waals surface area contributed by atoms with Crippen molar-refractivity contribution < 1.29 is 14.4 Å². The van der Waals surface area contributed by atoms with E-state index in [2.05, 4.69) is 15.6 Å². The highest BCUT2D eigenvalue weighted by Crippen LogP contribution is 2.34. The van der Waals surface area contributed by atoms with E-state index >= 15 is 0 Å². The van der Waals surface area contributed by atoms with Crippen LogP contribution in [0.3, 0.4) is 0 Å². The van der Waals surface area contributed by atoms with Gasteiger partial charge in [-0.1, -0.05) is 45.0 Å². The van der Waals surface area contributed by atoms with Crippen LogP contribution < -0.4 is 10.6 Å². The molecule has 0 aliphatic carbocycles. The smallest absolute Gasteiger partial charge is 0.249 e. The van der Waals surface area contributed by atoms with Crippen LogP contribution in [-0.2, 0) is 20.9 Å². The Labute approximate surface area is 200 Å². The molecule has 2 atom stereocenters. The Bertz CT molecular complexity index is 1030. The first kappa shape index (κ1) is 24.9. The quantitative estimate of drug-likeness (QED) is 0.674. The highest BCUT2D eigenvalue weighted by molar-refractivity contribution is 7.13. The van der Waals surface area contributed by atoms with Crippen molar-refractivity contribution in [2.45, 2.75) is 72.5 Å². The van der Waals surface area contributed by atoms with E-state index in [0.29, 0.717) is 19.5 Å². The lowest BCUT2D eigenvalue weighted by Gasteiger charge is -2.44. The van der Waals surface area contributed by atoms with Crippen LogP contribution >= 0.6 is 11.3 Å². The molecule has 178 valence electrons. The molecule has 0 bridgehead atoms. The first-order chi connectivity index (χ1) is 15.4. The Kier molecular flexibility index (Phi) is 7.26. The summed E-state index contributed by atoms with van der Waals surface area (Å²) in [5, 5.41) is 5.84. The van der Waals surface area contributed by atoms with Crippen molar-refractivity contribution in [2.75, 3.05) is 6.54 Å². The van der Waals surface area contributed by atoms with Crippen molar-refractivity contribution in [1.29, 1.82) is 0 Å². The summed E-state index contributed by atoms with van der Waals surface area (Å²) in [5.74, 6) is -0.646. The fourth-order valence-corrected chi connectivity index (χ4v) is 4.95. The Morgan fingerprint density at radius 3 is 2.36 bits per heavy atom. The molecule has 1 aliphatic rings. The molecule has 2 aromatic rings. The SMILES string of the molecule is CC(=O)NC(C)(C(=O)N1CCC[C@H]1C(=O)NCc1ccc(-c2scnc2C)cc1)C(C)(C)C. The van der Waals surface area contributed by atoms with Crippen molar-refractivity contribution in [3.63, 3.8) is 0 Å². The third kappa shape index (κ3) is 5.27. The molecule has 1 aliphatic heterocycles. The van der Waals surface area contributed by atoms with Gasteiger partial charge in [0.25, 0.3) is 0 Å². The molecular weight excluding hydrogens is 436 g/mol. The molecule has 2 N–H and O–H groups in total. The molecule has 3 amide bonds. The van der Waals surface area contributed by atoms with Gasteiger partial charge in [-0.3, -0.25) is 14.4 Å². The van der Waals surface area contributed by atoms with Crippen molar-refractivity contribution in [3.05, 3.63) is 41.0 Å². The second kappa shape index (κ2) is 9.63. The molecule has 1 aromatic carbocycles. The van der Waals surface area contributed by atoms with Crippen LogP contribution in [0.25, 0.3) is 10.4 Å². The van der Waals surface area contributed by atoms with Gasteiger partial charge in [-0.2, -0.15) is 0 Å². The summed E-state index contributed by atoms with van der Waals surface area (Å²) in [6.45, 7) is 11.8. The summed E-state index contributed by atoms with van der Waals surface area (Å²) in [7, 11) is 0. The van der Waals surface area contributed by atoms with Gasteiger partial charge in [0.2, 0.25) is 17.7 Å². The number of likely N-dealkylation sites (tertiary alicyclic amines) is 1. The predicted octanol–water partition coefficient (Wildman–Crippen LogP) is 3.67. The molecule has 1 fully saturated rings. The van der Waals surface area contributed by atoms with Gasteiger partial charge in [0.1, 0.15) is 11.6 Å². The topological polar surface area (TPSA) is 91.4 Å². The number of carbonyl (C=O) groups excluding carboxylic acids is 3. The normalized spacial score (nSPS) is 18.0. The molecule has 1 unspecified atom stereocenters. The first-order valence-electron chi connectivity index (χ1n) is 11.3. The van der Waals surface area contributed by atoms with Crippen molar-refractivity contribution in [1.82, 2.24) is 20.5 Å². The number of thiazole rings is 1. The molecule has 0 spiro atoms. The summed E-state index contributed by atoms with van der Waals surface area (Å²) in [6, 6.07) is 7.54. The Morgan fingerprint density at radius 2 is 1.82 bits per heavy atom. The maximum absolute atomic E-state index is 13.5. The highest BCUT2D eigenvalue weighted by Gasteiger charge is 2.50. The summed E-state index contributed by atoms with van der Waals surface area (Å²) in [4.78, 5) is 45.5. The molecule has 33 heavy (non-hydrogen) atoms. The zero-order chi connectivity index (χ0) is 24.4. The molecule has 1 aromatic heterocycles. The lowest BCUT2D eigenvalue weighted by molar-refractivity contribution is -0.149. The average molecular weight is 471 g/mol. The third-order valence-electron chi connectivity index (χ3n) is 6.60. The van der Waals surface area contributed by atoms with Crippen molar-refractivity contribution in [3.8, 4) is 10.4 Å². The number of carbonyl (C=O) groups is 3. The number of aromatic nitrogens is 1. The second-order valence-corrected chi connectivity index (χ2v) is 10.7. The third-order valence-corrected chi connectivity index (χ3v) is 7.58. The second-order valence-electron chi connectivity index (χ2n) is 9.89. The van der Waals surface area contributed by atoms with Crippen molar-refractivity contribution >= 4 is 29.1 Å². The fraction of sp³-hybridized carbons (Fsp3) is 0.520. The first-order valence-corrected chi connectivity index (χ1v) is 12.2. The molecule has 1 saturated heterocycles. The van der Waals surface area contributed by atoms with Crippen LogP contribution in [-0.4, -0.2) is 45.7 Å². The average Bonchev–Trinajstić information content (AvgIpc) is 3.39. The molecule has 2 heterocycles. The minimum atomic E-state index is -1.10. The van der Waals surface area contributed by atoms with E-state index < -0.39 is 17.0 Å². The van der Waals surface area contributed by atoms with Crippen LogP contribution in [0.4, 0.5) is 0 Å². The minimum Gasteiger partial charge on any atom is -0.350 e. The molecule has 0 radical (unpaired) electrons. The zero-order valence-electron chi connectivity index (χ0n) is 20.3. The van der Waals surface area contributed by atoms with Gasteiger partial charge >= 0.3 is 0 Å². The zero-order valence-corrected chi connectivity index (χ0v) is 21.1. The Balaban J connectivity index is 1.67. The van der Waals surface area contributed by atoms with Crippen LogP contribution in [0.1, 0.15) is 58.7 Å². The number of benzene rings is 1. The number of nitrogens with zero attached hydrogens (tertiary/aromatic N) is 2. The molecular formula is C25H34N4O3S. The minimum absolute atomic E-state index is 0.165.